The van der Waals surface area contributed by atoms with Gasteiger partial charge in [-0.1, -0.05) is 18.2 Å². The molecule has 0 aliphatic heterocycles. The highest BCUT2D eigenvalue weighted by molar-refractivity contribution is 6.05. The first-order valence-corrected chi connectivity index (χ1v) is 9.35. The third-order valence-electron chi connectivity index (χ3n) is 4.20. The van der Waals surface area contributed by atoms with E-state index in [2.05, 4.69) is 15.8 Å². The standard InChI is InChI=1S/C23H21FN4O3/c1-28(2)19-10-8-16(9-11-19)13-21(23(30)27-25-15-20-7-4-12-31-20)26-22(29)17-5-3-6-18(24)14-17/h3-15H,1-2H3,(H,26,29)(H,27,30)/b21-13-,25-15+. The van der Waals surface area contributed by atoms with Gasteiger partial charge in [0.2, 0.25) is 0 Å². The second-order valence-corrected chi connectivity index (χ2v) is 6.72. The third-order valence-corrected chi connectivity index (χ3v) is 4.20. The highest BCUT2D eigenvalue weighted by Crippen LogP contribution is 2.15. The molecular weight excluding hydrogens is 399 g/mol. The summed E-state index contributed by atoms with van der Waals surface area (Å²) in [7, 11) is 3.83. The maximum absolute atomic E-state index is 13.5. The topological polar surface area (TPSA) is 86.9 Å². The van der Waals surface area contributed by atoms with E-state index in [0.29, 0.717) is 11.3 Å². The summed E-state index contributed by atoms with van der Waals surface area (Å²) in [6.45, 7) is 0. The van der Waals surface area contributed by atoms with E-state index in [1.807, 2.05) is 43.3 Å². The van der Waals surface area contributed by atoms with Crippen LogP contribution in [0.2, 0.25) is 0 Å². The second kappa shape index (κ2) is 10.0. The first-order chi connectivity index (χ1) is 14.9. The molecule has 0 spiro atoms. The van der Waals surface area contributed by atoms with Crippen LogP contribution in [0, 0.1) is 5.82 Å². The lowest BCUT2D eigenvalue weighted by molar-refractivity contribution is -0.117. The van der Waals surface area contributed by atoms with Crippen LogP contribution in [0.15, 0.2) is 82.1 Å². The number of furan rings is 1. The van der Waals surface area contributed by atoms with Gasteiger partial charge in [0.15, 0.2) is 0 Å². The SMILES string of the molecule is CN(C)c1ccc(/C=C(\NC(=O)c2cccc(F)c2)C(=O)N/N=C/c2ccco2)cc1. The minimum atomic E-state index is -0.649. The molecule has 0 aliphatic carbocycles. The maximum Gasteiger partial charge on any atom is 0.287 e. The van der Waals surface area contributed by atoms with Gasteiger partial charge in [0.25, 0.3) is 11.8 Å². The van der Waals surface area contributed by atoms with Crippen LogP contribution in [-0.2, 0) is 4.79 Å². The van der Waals surface area contributed by atoms with Crippen LogP contribution in [-0.4, -0.2) is 32.1 Å². The zero-order chi connectivity index (χ0) is 22.2. The van der Waals surface area contributed by atoms with Crippen molar-refractivity contribution >= 4 is 29.8 Å². The summed E-state index contributed by atoms with van der Waals surface area (Å²) in [6, 6.07) is 15.9. The number of hydrogen-bond acceptors (Lipinski definition) is 5. The van der Waals surface area contributed by atoms with Gasteiger partial charge in [0, 0.05) is 25.3 Å². The molecule has 3 aromatic rings. The number of benzene rings is 2. The van der Waals surface area contributed by atoms with E-state index < -0.39 is 17.6 Å². The minimum absolute atomic E-state index is 0.0524. The Morgan fingerprint density at radius 2 is 1.84 bits per heavy atom. The first kappa shape index (κ1) is 21.5. The molecule has 1 heterocycles. The van der Waals surface area contributed by atoms with Gasteiger partial charge in [-0.25, -0.2) is 9.82 Å². The lowest BCUT2D eigenvalue weighted by Gasteiger charge is -2.12. The van der Waals surface area contributed by atoms with Crippen LogP contribution < -0.4 is 15.6 Å². The Bertz CT molecular complexity index is 1100. The monoisotopic (exact) mass is 420 g/mol. The molecule has 2 aromatic carbocycles. The van der Waals surface area contributed by atoms with Crippen molar-refractivity contribution in [2.24, 2.45) is 5.10 Å². The number of anilines is 1. The molecule has 158 valence electrons. The zero-order valence-corrected chi connectivity index (χ0v) is 17.0. The van der Waals surface area contributed by atoms with Crippen molar-refractivity contribution in [1.82, 2.24) is 10.7 Å². The van der Waals surface area contributed by atoms with Crippen molar-refractivity contribution < 1.29 is 18.4 Å². The Kier molecular flexibility index (Phi) is 6.95. The molecule has 0 saturated carbocycles. The largest absolute Gasteiger partial charge is 0.463 e. The van der Waals surface area contributed by atoms with Crippen LogP contribution in [0.5, 0.6) is 0 Å². The van der Waals surface area contributed by atoms with E-state index in [-0.39, 0.29) is 11.3 Å². The van der Waals surface area contributed by atoms with E-state index in [1.165, 1.54) is 36.8 Å². The zero-order valence-electron chi connectivity index (χ0n) is 17.0. The van der Waals surface area contributed by atoms with E-state index >= 15 is 0 Å². The quantitative estimate of drug-likeness (QED) is 0.348. The Morgan fingerprint density at radius 3 is 2.48 bits per heavy atom. The van der Waals surface area contributed by atoms with Crippen LogP contribution in [0.25, 0.3) is 6.08 Å². The Hall–Kier alpha value is -4.20. The Balaban J connectivity index is 1.83. The van der Waals surface area contributed by atoms with Crippen molar-refractivity contribution in [2.45, 2.75) is 0 Å². The number of rotatable bonds is 7. The molecule has 0 atom stereocenters. The summed E-state index contributed by atoms with van der Waals surface area (Å²) < 4.78 is 18.6. The third kappa shape index (κ3) is 6.14. The van der Waals surface area contributed by atoms with E-state index in [4.69, 9.17) is 4.42 Å². The Morgan fingerprint density at radius 1 is 1.06 bits per heavy atom. The summed E-state index contributed by atoms with van der Waals surface area (Å²) in [5, 5.41) is 6.36. The highest BCUT2D eigenvalue weighted by Gasteiger charge is 2.15. The van der Waals surface area contributed by atoms with Crippen LogP contribution in [0.3, 0.4) is 0 Å². The number of carbonyl (C=O) groups excluding carboxylic acids is 2. The summed E-state index contributed by atoms with van der Waals surface area (Å²) in [5.41, 5.74) is 4.04. The predicted octanol–water partition coefficient (Wildman–Crippen LogP) is 3.41. The molecule has 8 heteroatoms. The van der Waals surface area contributed by atoms with E-state index in [0.717, 1.165) is 11.8 Å². The van der Waals surface area contributed by atoms with Crippen molar-refractivity contribution in [3.05, 3.63) is 95.3 Å². The second-order valence-electron chi connectivity index (χ2n) is 6.72. The Labute approximate surface area is 178 Å². The highest BCUT2D eigenvalue weighted by atomic mass is 19.1. The summed E-state index contributed by atoms with van der Waals surface area (Å²) >= 11 is 0. The van der Waals surface area contributed by atoms with Gasteiger partial charge in [-0.2, -0.15) is 5.10 Å². The number of carbonyl (C=O) groups is 2. The number of amides is 2. The number of nitrogens with zero attached hydrogens (tertiary/aromatic N) is 2. The van der Waals surface area contributed by atoms with E-state index in [1.54, 1.807) is 12.1 Å². The van der Waals surface area contributed by atoms with Crippen LogP contribution >= 0.6 is 0 Å². The molecule has 0 unspecified atom stereocenters. The summed E-state index contributed by atoms with van der Waals surface area (Å²) in [6.07, 6.45) is 4.31. The number of halogens is 1. The lowest BCUT2D eigenvalue weighted by Crippen LogP contribution is -2.32. The molecule has 7 nitrogen and oxygen atoms in total. The van der Waals surface area contributed by atoms with Gasteiger partial charge in [-0.05, 0) is 54.1 Å². The van der Waals surface area contributed by atoms with Gasteiger partial charge in [0.1, 0.15) is 17.3 Å². The average Bonchev–Trinajstić information content (AvgIpc) is 3.27. The van der Waals surface area contributed by atoms with Crippen molar-refractivity contribution in [1.29, 1.82) is 0 Å². The van der Waals surface area contributed by atoms with Crippen molar-refractivity contribution in [3.8, 4) is 0 Å². The average molecular weight is 420 g/mol. The van der Waals surface area contributed by atoms with Gasteiger partial charge in [0.05, 0.1) is 12.5 Å². The smallest absolute Gasteiger partial charge is 0.287 e. The molecular formula is C23H21FN4O3. The van der Waals surface area contributed by atoms with Gasteiger partial charge in [-0.3, -0.25) is 9.59 Å². The fourth-order valence-corrected chi connectivity index (χ4v) is 2.60. The molecule has 2 N–H and O–H groups in total. The normalized spacial score (nSPS) is 11.4. The lowest BCUT2D eigenvalue weighted by atomic mass is 10.1. The summed E-state index contributed by atoms with van der Waals surface area (Å²) in [4.78, 5) is 27.2. The van der Waals surface area contributed by atoms with E-state index in [9.17, 15) is 14.0 Å². The van der Waals surface area contributed by atoms with Crippen molar-refractivity contribution in [2.75, 3.05) is 19.0 Å². The van der Waals surface area contributed by atoms with Crippen molar-refractivity contribution in [3.63, 3.8) is 0 Å². The number of nitrogens with one attached hydrogen (secondary N) is 2. The molecule has 0 bridgehead atoms. The van der Waals surface area contributed by atoms with Gasteiger partial charge in [-0.15, -0.1) is 0 Å². The van der Waals surface area contributed by atoms with Gasteiger partial charge >= 0.3 is 0 Å². The molecule has 0 radical (unpaired) electrons. The fraction of sp³-hybridized carbons (Fsp3) is 0.0870. The van der Waals surface area contributed by atoms with Gasteiger partial charge < -0.3 is 14.6 Å². The minimum Gasteiger partial charge on any atom is -0.463 e. The number of hydrogen-bond donors (Lipinski definition) is 2. The maximum atomic E-state index is 13.5. The summed E-state index contributed by atoms with van der Waals surface area (Å²) in [5.74, 6) is -1.37. The molecule has 1 aromatic heterocycles. The molecule has 0 aliphatic rings. The number of hydrazone groups is 1. The molecule has 3 rings (SSSR count). The van der Waals surface area contributed by atoms with Crippen LogP contribution in [0.4, 0.5) is 10.1 Å². The van der Waals surface area contributed by atoms with Crippen LogP contribution in [0.1, 0.15) is 21.7 Å². The first-order valence-electron chi connectivity index (χ1n) is 9.35. The molecule has 0 saturated heterocycles. The molecule has 2 amide bonds. The molecule has 31 heavy (non-hydrogen) atoms. The fourth-order valence-electron chi connectivity index (χ4n) is 2.60. The predicted molar refractivity (Wildman–Crippen MR) is 117 cm³/mol. The molecule has 0 fully saturated rings.